The highest BCUT2D eigenvalue weighted by molar-refractivity contribution is 5.86. The first-order valence-corrected chi connectivity index (χ1v) is 5.27. The van der Waals surface area contributed by atoms with Crippen LogP contribution in [0.25, 0.3) is 0 Å². The summed E-state index contributed by atoms with van der Waals surface area (Å²) in [4.78, 5) is 10.7. The second-order valence-corrected chi connectivity index (χ2v) is 3.79. The van der Waals surface area contributed by atoms with Crippen molar-refractivity contribution in [3.05, 3.63) is 42.0 Å². The molecular formula is C13H16O4. The Labute approximate surface area is 100 Å². The maximum Gasteiger partial charge on any atom is 0.331 e. The Bertz CT molecular complexity index is 412. The number of carbonyl (C=O) groups is 1. The maximum absolute atomic E-state index is 10.7. The quantitative estimate of drug-likeness (QED) is 0.736. The minimum absolute atomic E-state index is 0.0407. The van der Waals surface area contributed by atoms with Crippen LogP contribution in [0.1, 0.15) is 5.56 Å². The zero-order valence-corrected chi connectivity index (χ0v) is 9.72. The van der Waals surface area contributed by atoms with Crippen molar-refractivity contribution < 1.29 is 19.7 Å². The number of benzene rings is 1. The molecule has 0 saturated heterocycles. The second kappa shape index (κ2) is 6.06. The molecule has 0 aliphatic carbocycles. The van der Waals surface area contributed by atoms with Crippen LogP contribution in [-0.2, 0) is 4.79 Å². The molecule has 0 spiro atoms. The van der Waals surface area contributed by atoms with E-state index in [0.29, 0.717) is 5.75 Å². The largest absolute Gasteiger partial charge is 0.493 e. The van der Waals surface area contributed by atoms with Gasteiger partial charge in [-0.15, -0.1) is 0 Å². The van der Waals surface area contributed by atoms with Gasteiger partial charge in [-0.25, -0.2) is 4.79 Å². The molecule has 1 unspecified atom stereocenters. The first kappa shape index (κ1) is 13.3. The van der Waals surface area contributed by atoms with Crippen LogP contribution < -0.4 is 4.74 Å². The van der Waals surface area contributed by atoms with Crippen molar-refractivity contribution in [2.45, 2.75) is 6.92 Å². The van der Waals surface area contributed by atoms with E-state index in [-0.39, 0.29) is 18.8 Å². The number of aliphatic carboxylic acids is 1. The van der Waals surface area contributed by atoms with Crippen molar-refractivity contribution in [1.82, 2.24) is 0 Å². The monoisotopic (exact) mass is 236 g/mol. The third-order valence-electron chi connectivity index (χ3n) is 2.52. The summed E-state index contributed by atoms with van der Waals surface area (Å²) in [7, 11) is 0. The maximum atomic E-state index is 10.7. The van der Waals surface area contributed by atoms with Gasteiger partial charge in [0.1, 0.15) is 5.75 Å². The molecular weight excluding hydrogens is 220 g/mol. The smallest absolute Gasteiger partial charge is 0.331 e. The Morgan fingerprint density at radius 1 is 1.47 bits per heavy atom. The molecule has 0 fully saturated rings. The summed E-state index contributed by atoms with van der Waals surface area (Å²) in [5.41, 5.74) is 0.922. The number of rotatable bonds is 6. The topological polar surface area (TPSA) is 66.8 Å². The summed E-state index contributed by atoms with van der Waals surface area (Å²) in [6, 6.07) is 7.42. The summed E-state index contributed by atoms with van der Waals surface area (Å²) in [5.74, 6) is -1.02. The second-order valence-electron chi connectivity index (χ2n) is 3.79. The number of ether oxygens (including phenoxy) is 1. The van der Waals surface area contributed by atoms with Crippen LogP contribution >= 0.6 is 0 Å². The van der Waals surface area contributed by atoms with E-state index in [1.165, 1.54) is 0 Å². The molecule has 0 saturated carbocycles. The molecule has 17 heavy (non-hydrogen) atoms. The van der Waals surface area contributed by atoms with Crippen LogP contribution in [0.15, 0.2) is 36.4 Å². The van der Waals surface area contributed by atoms with E-state index in [9.17, 15) is 4.79 Å². The van der Waals surface area contributed by atoms with Gasteiger partial charge in [0.2, 0.25) is 0 Å². The van der Waals surface area contributed by atoms with Crippen molar-refractivity contribution in [3.63, 3.8) is 0 Å². The number of aliphatic hydroxyl groups excluding tert-OH is 1. The highest BCUT2D eigenvalue weighted by Gasteiger charge is 2.18. The number of carboxylic acids is 1. The molecule has 0 aliphatic heterocycles. The summed E-state index contributed by atoms with van der Waals surface area (Å²) >= 11 is 0. The Balaban J connectivity index is 2.63. The summed E-state index contributed by atoms with van der Waals surface area (Å²) in [6.07, 6.45) is 0. The van der Waals surface area contributed by atoms with Gasteiger partial charge in [-0.1, -0.05) is 24.8 Å². The molecule has 1 rings (SSSR count). The van der Waals surface area contributed by atoms with Gasteiger partial charge in [-0.05, 0) is 18.6 Å². The van der Waals surface area contributed by atoms with Gasteiger partial charge in [0.15, 0.2) is 0 Å². The molecule has 0 aromatic heterocycles. The lowest BCUT2D eigenvalue weighted by Gasteiger charge is -2.16. The number of hydrogen-bond acceptors (Lipinski definition) is 3. The first-order valence-electron chi connectivity index (χ1n) is 5.27. The zero-order chi connectivity index (χ0) is 12.8. The minimum atomic E-state index is -1.11. The zero-order valence-electron chi connectivity index (χ0n) is 9.72. The summed E-state index contributed by atoms with van der Waals surface area (Å²) < 4.78 is 5.48. The van der Waals surface area contributed by atoms with E-state index >= 15 is 0 Å². The Morgan fingerprint density at radius 2 is 2.12 bits per heavy atom. The molecule has 0 bridgehead atoms. The lowest BCUT2D eigenvalue weighted by atomic mass is 10.0. The molecule has 2 N–H and O–H groups in total. The molecule has 1 aromatic carbocycles. The average molecular weight is 236 g/mol. The van der Waals surface area contributed by atoms with Crippen LogP contribution in [0.5, 0.6) is 5.75 Å². The molecule has 0 heterocycles. The number of hydrogen-bond donors (Lipinski definition) is 2. The fourth-order valence-electron chi connectivity index (χ4n) is 1.35. The number of aryl methyl sites for hydroxylation is 1. The van der Waals surface area contributed by atoms with Crippen LogP contribution in [0.2, 0.25) is 0 Å². The van der Waals surface area contributed by atoms with E-state index in [4.69, 9.17) is 14.9 Å². The third kappa shape index (κ3) is 3.60. The van der Waals surface area contributed by atoms with E-state index < -0.39 is 11.9 Å². The number of para-hydroxylation sites is 1. The van der Waals surface area contributed by atoms with Gasteiger partial charge in [0.25, 0.3) is 0 Å². The predicted molar refractivity (Wildman–Crippen MR) is 64.0 cm³/mol. The van der Waals surface area contributed by atoms with Crippen molar-refractivity contribution in [1.29, 1.82) is 0 Å². The Hall–Kier alpha value is -1.81. The fourth-order valence-corrected chi connectivity index (χ4v) is 1.35. The lowest BCUT2D eigenvalue weighted by Crippen LogP contribution is -2.22. The number of aliphatic hydroxyl groups is 1. The van der Waals surface area contributed by atoms with Crippen molar-refractivity contribution >= 4 is 5.97 Å². The summed E-state index contributed by atoms with van der Waals surface area (Å²) in [6.45, 7) is 5.13. The number of carboxylic acid groups (broad SMARTS) is 1. The van der Waals surface area contributed by atoms with Gasteiger partial charge in [0.05, 0.1) is 13.2 Å². The van der Waals surface area contributed by atoms with Crippen LogP contribution in [0, 0.1) is 12.8 Å². The van der Waals surface area contributed by atoms with E-state index in [2.05, 4.69) is 6.58 Å². The highest BCUT2D eigenvalue weighted by Crippen LogP contribution is 2.18. The minimum Gasteiger partial charge on any atom is -0.493 e. The van der Waals surface area contributed by atoms with Crippen molar-refractivity contribution in [2.75, 3.05) is 13.2 Å². The van der Waals surface area contributed by atoms with Crippen LogP contribution in [-0.4, -0.2) is 29.4 Å². The van der Waals surface area contributed by atoms with E-state index in [1.807, 2.05) is 25.1 Å². The predicted octanol–water partition coefficient (Wildman–Crippen LogP) is 1.62. The lowest BCUT2D eigenvalue weighted by molar-refractivity contribution is -0.133. The van der Waals surface area contributed by atoms with Gasteiger partial charge < -0.3 is 14.9 Å². The molecule has 1 aromatic rings. The normalized spacial score (nSPS) is 11.9. The van der Waals surface area contributed by atoms with E-state index in [0.717, 1.165) is 5.56 Å². The van der Waals surface area contributed by atoms with Crippen molar-refractivity contribution in [3.8, 4) is 5.75 Å². The SMILES string of the molecule is C=C(C(=O)O)C(CO)COc1ccccc1C. The van der Waals surface area contributed by atoms with Gasteiger partial charge in [-0.3, -0.25) is 0 Å². The molecule has 4 heteroatoms. The fraction of sp³-hybridized carbons (Fsp3) is 0.308. The molecule has 0 radical (unpaired) electrons. The van der Waals surface area contributed by atoms with Crippen molar-refractivity contribution in [2.24, 2.45) is 5.92 Å². The molecule has 92 valence electrons. The van der Waals surface area contributed by atoms with Crippen LogP contribution in [0.4, 0.5) is 0 Å². The highest BCUT2D eigenvalue weighted by atomic mass is 16.5. The van der Waals surface area contributed by atoms with Gasteiger partial charge in [-0.2, -0.15) is 0 Å². The average Bonchev–Trinajstić information content (AvgIpc) is 2.31. The molecule has 1 atom stereocenters. The summed E-state index contributed by atoms with van der Waals surface area (Å²) in [5, 5.41) is 17.9. The van der Waals surface area contributed by atoms with E-state index in [1.54, 1.807) is 6.07 Å². The first-order chi connectivity index (χ1) is 8.06. The third-order valence-corrected chi connectivity index (χ3v) is 2.52. The standard InChI is InChI=1S/C13H16O4/c1-9-5-3-4-6-12(9)17-8-11(7-14)10(2)13(15)16/h3-6,11,14H,2,7-8H2,1H3,(H,15,16). The molecule has 0 aliphatic rings. The molecule has 4 nitrogen and oxygen atoms in total. The van der Waals surface area contributed by atoms with Crippen LogP contribution in [0.3, 0.4) is 0 Å². The Morgan fingerprint density at radius 3 is 2.65 bits per heavy atom. The van der Waals surface area contributed by atoms with Gasteiger partial charge >= 0.3 is 5.97 Å². The molecule has 0 amide bonds. The van der Waals surface area contributed by atoms with Gasteiger partial charge in [0, 0.05) is 11.5 Å². The Kier molecular flexibility index (Phi) is 4.72.